The molecule has 1 amide bonds. The molecule has 0 saturated heterocycles. The van der Waals surface area contributed by atoms with Crippen LogP contribution in [0.1, 0.15) is 117 Å². The van der Waals surface area contributed by atoms with Gasteiger partial charge < -0.3 is 19.8 Å². The third kappa shape index (κ3) is 22.7. The van der Waals surface area contributed by atoms with Crippen molar-refractivity contribution in [1.82, 2.24) is 5.32 Å². The number of phosphoric ester groups is 1. The van der Waals surface area contributed by atoms with Crippen LogP contribution in [0.15, 0.2) is 0 Å². The van der Waals surface area contributed by atoms with Gasteiger partial charge in [-0.1, -0.05) is 97.3 Å². The summed E-state index contributed by atoms with van der Waals surface area (Å²) >= 11 is 0. The Kier molecular flexibility index (Phi) is 21.1. The highest BCUT2D eigenvalue weighted by Crippen LogP contribution is 2.43. The summed E-state index contributed by atoms with van der Waals surface area (Å²) in [5.74, 6) is -0.200. The molecule has 0 aliphatic carbocycles. The Bertz CT molecular complexity index is 585. The van der Waals surface area contributed by atoms with E-state index in [1.165, 1.54) is 64.2 Å². The number of phosphoric acid groups is 1. The fourth-order valence-electron chi connectivity index (χ4n) is 3.97. The van der Waals surface area contributed by atoms with Gasteiger partial charge in [-0.15, -0.1) is 0 Å². The van der Waals surface area contributed by atoms with Crippen LogP contribution in [0.5, 0.6) is 0 Å². The maximum absolute atomic E-state index is 12.2. The molecule has 0 bridgehead atoms. The van der Waals surface area contributed by atoms with Crippen molar-refractivity contribution in [3.8, 4) is 0 Å². The number of nitrogens with one attached hydrogen (secondary N) is 1. The van der Waals surface area contributed by atoms with Gasteiger partial charge in [-0.25, -0.2) is 4.57 Å². The van der Waals surface area contributed by atoms with Gasteiger partial charge in [-0.05, 0) is 12.8 Å². The zero-order chi connectivity index (χ0) is 27.3. The summed E-state index contributed by atoms with van der Waals surface area (Å²) in [6, 6.07) is -0.746. The first-order chi connectivity index (χ1) is 17.0. The third-order valence-electron chi connectivity index (χ3n) is 6.33. The SMILES string of the molecule is CCCCCCCCCCCCCCCC(O)C(COP(=O)(O)OCC[N+](C)(C)C)NC(=O)CCC. The second-order valence-corrected chi connectivity index (χ2v) is 12.6. The average Bonchev–Trinajstić information content (AvgIpc) is 2.78. The van der Waals surface area contributed by atoms with Crippen LogP contribution in [0.2, 0.25) is 0 Å². The lowest BCUT2D eigenvalue weighted by Crippen LogP contribution is -2.46. The normalized spacial score (nSPS) is 15.4. The maximum Gasteiger partial charge on any atom is 0.472 e. The molecule has 0 spiro atoms. The standard InChI is InChI=1S/C27H57N2O6P/c1-6-8-9-10-11-12-13-14-15-16-17-18-19-21-26(30)25(28-27(31)20-7-2)24-35-36(32,33)34-23-22-29(3,4)5/h25-26,30H,6-24H2,1-5H3,(H-,28,31,32,33)/p+1. The van der Waals surface area contributed by atoms with Gasteiger partial charge in [-0.3, -0.25) is 13.8 Å². The zero-order valence-electron chi connectivity index (χ0n) is 24.0. The molecule has 9 heteroatoms. The van der Waals surface area contributed by atoms with Crippen LogP contribution in [0.4, 0.5) is 0 Å². The van der Waals surface area contributed by atoms with Crippen molar-refractivity contribution in [2.24, 2.45) is 0 Å². The largest absolute Gasteiger partial charge is 0.472 e. The minimum Gasteiger partial charge on any atom is -0.391 e. The summed E-state index contributed by atoms with van der Waals surface area (Å²) in [6.07, 6.45) is 16.9. The number of quaternary nitrogens is 1. The Morgan fingerprint density at radius 1 is 0.833 bits per heavy atom. The number of aliphatic hydroxyl groups is 1. The second-order valence-electron chi connectivity index (χ2n) is 11.1. The van der Waals surface area contributed by atoms with Gasteiger partial charge in [0.15, 0.2) is 0 Å². The lowest BCUT2D eigenvalue weighted by molar-refractivity contribution is -0.870. The number of aliphatic hydroxyl groups excluding tert-OH is 1. The molecule has 0 saturated carbocycles. The predicted octanol–water partition coefficient (Wildman–Crippen LogP) is 5.95. The van der Waals surface area contributed by atoms with Crippen LogP contribution in [0, 0.1) is 0 Å². The van der Waals surface area contributed by atoms with Gasteiger partial charge in [0.1, 0.15) is 13.2 Å². The molecule has 0 aliphatic rings. The summed E-state index contributed by atoms with van der Waals surface area (Å²) in [5.41, 5.74) is 0. The molecule has 8 nitrogen and oxygen atoms in total. The minimum atomic E-state index is -4.26. The van der Waals surface area contributed by atoms with Crippen molar-refractivity contribution in [3.63, 3.8) is 0 Å². The number of likely N-dealkylation sites (N-methyl/N-ethyl adjacent to an activating group) is 1. The van der Waals surface area contributed by atoms with Crippen molar-refractivity contribution < 1.29 is 32.9 Å². The number of hydrogen-bond donors (Lipinski definition) is 3. The maximum atomic E-state index is 12.2. The smallest absolute Gasteiger partial charge is 0.391 e. The second kappa shape index (κ2) is 21.4. The first-order valence-electron chi connectivity index (χ1n) is 14.4. The quantitative estimate of drug-likeness (QED) is 0.0755. The summed E-state index contributed by atoms with van der Waals surface area (Å²) < 4.78 is 23.0. The highest BCUT2D eigenvalue weighted by atomic mass is 31.2. The van der Waals surface area contributed by atoms with E-state index in [4.69, 9.17) is 9.05 Å². The van der Waals surface area contributed by atoms with E-state index in [0.717, 1.165) is 19.3 Å². The summed E-state index contributed by atoms with van der Waals surface area (Å²) in [5, 5.41) is 13.4. The van der Waals surface area contributed by atoms with Crippen molar-refractivity contribution in [1.29, 1.82) is 0 Å². The van der Waals surface area contributed by atoms with Gasteiger partial charge in [0.05, 0.1) is 39.9 Å². The van der Waals surface area contributed by atoms with Crippen LogP contribution in [-0.2, 0) is 18.4 Å². The molecule has 0 aromatic heterocycles. The number of unbranched alkanes of at least 4 members (excludes halogenated alkanes) is 12. The van der Waals surface area contributed by atoms with E-state index in [-0.39, 0.29) is 19.1 Å². The summed E-state index contributed by atoms with van der Waals surface area (Å²) in [4.78, 5) is 22.1. The van der Waals surface area contributed by atoms with Crippen molar-refractivity contribution >= 4 is 13.7 Å². The van der Waals surface area contributed by atoms with Crippen LogP contribution in [-0.4, -0.2) is 73.4 Å². The lowest BCUT2D eigenvalue weighted by atomic mass is 10.0. The Morgan fingerprint density at radius 2 is 1.33 bits per heavy atom. The number of nitrogens with zero attached hydrogens (tertiary/aromatic N) is 1. The first-order valence-corrected chi connectivity index (χ1v) is 15.9. The molecular weight excluding hydrogens is 479 g/mol. The zero-order valence-corrected chi connectivity index (χ0v) is 24.9. The van der Waals surface area contributed by atoms with E-state index < -0.39 is 20.0 Å². The van der Waals surface area contributed by atoms with E-state index >= 15 is 0 Å². The molecule has 0 heterocycles. The number of carbonyl (C=O) groups is 1. The van der Waals surface area contributed by atoms with Gasteiger partial charge in [0.25, 0.3) is 0 Å². The van der Waals surface area contributed by atoms with Gasteiger partial charge >= 0.3 is 7.82 Å². The van der Waals surface area contributed by atoms with E-state index in [0.29, 0.717) is 30.3 Å². The number of hydrogen-bond acceptors (Lipinski definition) is 5. The van der Waals surface area contributed by atoms with Crippen molar-refractivity contribution in [2.75, 3.05) is 40.9 Å². The van der Waals surface area contributed by atoms with Crippen LogP contribution in [0.25, 0.3) is 0 Å². The Morgan fingerprint density at radius 3 is 1.81 bits per heavy atom. The molecule has 3 unspecified atom stereocenters. The fraction of sp³-hybridized carbons (Fsp3) is 0.963. The molecule has 0 aromatic rings. The van der Waals surface area contributed by atoms with E-state index in [1.54, 1.807) is 0 Å². The highest BCUT2D eigenvalue weighted by molar-refractivity contribution is 7.47. The van der Waals surface area contributed by atoms with Crippen molar-refractivity contribution in [3.05, 3.63) is 0 Å². The number of amides is 1. The summed E-state index contributed by atoms with van der Waals surface area (Å²) in [6.45, 7) is 4.50. The topological polar surface area (TPSA) is 105 Å². The lowest BCUT2D eigenvalue weighted by Gasteiger charge is -2.26. The molecular formula is C27H58N2O6P+. The average molecular weight is 538 g/mol. The molecule has 0 aliphatic heterocycles. The van der Waals surface area contributed by atoms with E-state index in [9.17, 15) is 19.4 Å². The molecule has 3 atom stereocenters. The van der Waals surface area contributed by atoms with Crippen LogP contribution >= 0.6 is 7.82 Å². The molecule has 0 aromatic carbocycles. The minimum absolute atomic E-state index is 0.0751. The van der Waals surface area contributed by atoms with E-state index in [2.05, 4.69) is 12.2 Å². The van der Waals surface area contributed by atoms with Gasteiger partial charge in [0, 0.05) is 6.42 Å². The number of carbonyl (C=O) groups excluding carboxylic acids is 1. The first kappa shape index (κ1) is 35.5. The Hall–Kier alpha value is -0.500. The highest BCUT2D eigenvalue weighted by Gasteiger charge is 2.28. The Labute approximate surface area is 221 Å². The Balaban J connectivity index is 4.23. The molecule has 36 heavy (non-hydrogen) atoms. The third-order valence-corrected chi connectivity index (χ3v) is 7.31. The monoisotopic (exact) mass is 537 g/mol. The fourth-order valence-corrected chi connectivity index (χ4v) is 4.71. The molecule has 0 radical (unpaired) electrons. The molecule has 216 valence electrons. The summed E-state index contributed by atoms with van der Waals surface area (Å²) in [7, 11) is 1.61. The van der Waals surface area contributed by atoms with E-state index in [1.807, 2.05) is 28.1 Å². The molecule has 0 rings (SSSR count). The van der Waals surface area contributed by atoms with Gasteiger partial charge in [0.2, 0.25) is 5.91 Å². The van der Waals surface area contributed by atoms with Crippen molar-refractivity contribution in [2.45, 2.75) is 129 Å². The van der Waals surface area contributed by atoms with Gasteiger partial charge in [-0.2, -0.15) is 0 Å². The molecule has 3 N–H and O–H groups in total. The van der Waals surface area contributed by atoms with Crippen LogP contribution < -0.4 is 5.32 Å². The predicted molar refractivity (Wildman–Crippen MR) is 148 cm³/mol. The molecule has 0 fully saturated rings. The van der Waals surface area contributed by atoms with Crippen LogP contribution in [0.3, 0.4) is 0 Å². The number of rotatable bonds is 25.